The van der Waals surface area contributed by atoms with Crippen LogP contribution in [0.3, 0.4) is 0 Å². The van der Waals surface area contributed by atoms with E-state index in [4.69, 9.17) is 21.1 Å². The predicted molar refractivity (Wildman–Crippen MR) is 204 cm³/mol. The molecule has 2 fully saturated rings. The van der Waals surface area contributed by atoms with E-state index < -0.39 is 5.92 Å². The molecule has 0 bridgehead atoms. The number of likely N-dealkylation sites (tertiary alicyclic amines) is 2. The van der Waals surface area contributed by atoms with Crippen LogP contribution in [-0.4, -0.2) is 96.4 Å². The number of likely N-dealkylation sites (N-methyl/N-ethyl adjacent to an activating group) is 1. The lowest BCUT2D eigenvalue weighted by molar-refractivity contribution is -0.139. The van der Waals surface area contributed by atoms with Crippen LogP contribution < -0.4 is 20.1 Å². The number of pyridine rings is 1. The van der Waals surface area contributed by atoms with Crippen LogP contribution in [0.1, 0.15) is 48.7 Å². The molecule has 2 aliphatic rings. The van der Waals surface area contributed by atoms with Gasteiger partial charge in [-0.15, -0.1) is 0 Å². The maximum absolute atomic E-state index is 13.7. The zero-order valence-corrected chi connectivity index (χ0v) is 31.7. The standard InChI is InChI=1S/C32H38ClN5O6.C8H11N/c1-18(2)44-27-8-5-19(9-28(27)43-4)32(42)38-15-21-14-37(17-25(24(21)16-38)31(41)36-13-29(39)34-3)30(40)10-20-12-35-26-11-22(33)6-7-23(20)26;1-2-4-8-5-3-6-9-7-8/h5-9,11-12,18,21,24-25,35H,10,13-17H2,1-4H3,(H,34,39)(H,36,41);3,5-7H,2,4H2,1H3. The van der Waals surface area contributed by atoms with Crippen LogP contribution >= 0.6 is 11.6 Å². The molecule has 3 unspecified atom stereocenters. The topological polar surface area (TPSA) is 146 Å². The van der Waals surface area contributed by atoms with Gasteiger partial charge in [-0.3, -0.25) is 24.2 Å². The molecule has 2 aliphatic heterocycles. The first-order valence-electron chi connectivity index (χ1n) is 18.1. The summed E-state index contributed by atoms with van der Waals surface area (Å²) in [6.45, 7) is 7.21. The maximum Gasteiger partial charge on any atom is 0.254 e. The van der Waals surface area contributed by atoms with Gasteiger partial charge in [0, 0.05) is 73.3 Å². The number of fused-ring (bicyclic) bond motifs is 2. The normalized spacial score (nSPS) is 17.8. The number of carbonyl (C=O) groups is 4. The zero-order chi connectivity index (χ0) is 38.1. The van der Waals surface area contributed by atoms with Crippen LogP contribution in [0.5, 0.6) is 11.5 Å². The molecule has 0 aliphatic carbocycles. The second kappa shape index (κ2) is 18.1. The fraction of sp³-hybridized carbons (Fsp3) is 0.425. The Morgan fingerprint density at radius 3 is 2.51 bits per heavy atom. The number of nitrogens with zero attached hydrogens (tertiary/aromatic N) is 3. The van der Waals surface area contributed by atoms with Crippen molar-refractivity contribution < 1.29 is 28.7 Å². The number of halogens is 1. The van der Waals surface area contributed by atoms with E-state index in [1.165, 1.54) is 26.1 Å². The van der Waals surface area contributed by atoms with E-state index in [1.807, 2.05) is 38.2 Å². The van der Waals surface area contributed by atoms with Crippen LogP contribution in [0, 0.1) is 17.8 Å². The molecule has 4 amide bonds. The highest BCUT2D eigenvalue weighted by Crippen LogP contribution is 2.37. The fourth-order valence-corrected chi connectivity index (χ4v) is 7.23. The van der Waals surface area contributed by atoms with Gasteiger partial charge in [-0.25, -0.2) is 0 Å². The quantitative estimate of drug-likeness (QED) is 0.198. The third-order valence-electron chi connectivity index (χ3n) is 9.66. The van der Waals surface area contributed by atoms with Crippen LogP contribution in [0.4, 0.5) is 0 Å². The van der Waals surface area contributed by atoms with Crippen molar-refractivity contribution in [1.82, 2.24) is 30.4 Å². The van der Waals surface area contributed by atoms with Crippen LogP contribution in [0.2, 0.25) is 5.02 Å². The molecular formula is C40H49ClN6O6. The van der Waals surface area contributed by atoms with Crippen LogP contribution in [-0.2, 0) is 27.2 Å². The highest BCUT2D eigenvalue weighted by atomic mass is 35.5. The number of benzene rings is 2. The zero-order valence-electron chi connectivity index (χ0n) is 31.0. The van der Waals surface area contributed by atoms with E-state index in [9.17, 15) is 19.2 Å². The van der Waals surface area contributed by atoms with Gasteiger partial charge in [-0.05, 0) is 79.6 Å². The summed E-state index contributed by atoms with van der Waals surface area (Å²) in [6, 6.07) is 14.7. The average Bonchev–Trinajstić information content (AvgIpc) is 3.77. The molecule has 0 radical (unpaired) electrons. The van der Waals surface area contributed by atoms with Gasteiger partial charge in [0.25, 0.3) is 5.91 Å². The summed E-state index contributed by atoms with van der Waals surface area (Å²) < 4.78 is 11.3. The van der Waals surface area contributed by atoms with Gasteiger partial charge in [-0.1, -0.05) is 37.1 Å². The first-order chi connectivity index (χ1) is 25.5. The number of methoxy groups -OCH3 is 1. The number of nitrogens with one attached hydrogen (secondary N) is 3. The minimum Gasteiger partial charge on any atom is -0.493 e. The summed E-state index contributed by atoms with van der Waals surface area (Å²) in [5.74, 6) is -0.786. The molecule has 282 valence electrons. The minimum atomic E-state index is -0.585. The average molecular weight is 745 g/mol. The van der Waals surface area contributed by atoms with Crippen molar-refractivity contribution in [3.63, 3.8) is 0 Å². The molecule has 12 nitrogen and oxygen atoms in total. The molecule has 4 heterocycles. The van der Waals surface area contributed by atoms with Crippen molar-refractivity contribution in [2.45, 2.75) is 46.1 Å². The van der Waals surface area contributed by atoms with Crippen molar-refractivity contribution >= 4 is 46.1 Å². The molecule has 4 aromatic rings. The number of aromatic nitrogens is 2. The number of rotatable bonds is 11. The lowest BCUT2D eigenvalue weighted by atomic mass is 9.79. The predicted octanol–water partition coefficient (Wildman–Crippen LogP) is 4.90. The maximum atomic E-state index is 13.7. The highest BCUT2D eigenvalue weighted by Gasteiger charge is 2.48. The number of aryl methyl sites for hydroxylation is 1. The number of hydrogen-bond donors (Lipinski definition) is 3. The van der Waals surface area contributed by atoms with Gasteiger partial charge >= 0.3 is 0 Å². The molecule has 0 spiro atoms. The van der Waals surface area contributed by atoms with E-state index in [0.717, 1.165) is 22.9 Å². The highest BCUT2D eigenvalue weighted by molar-refractivity contribution is 6.31. The Labute approximate surface area is 315 Å². The molecule has 6 rings (SSSR count). The van der Waals surface area contributed by atoms with Gasteiger partial charge in [0.1, 0.15) is 0 Å². The second-order valence-corrected chi connectivity index (χ2v) is 14.2. The van der Waals surface area contributed by atoms with Crippen molar-refractivity contribution in [2.75, 3.05) is 46.9 Å². The molecular weight excluding hydrogens is 696 g/mol. The summed E-state index contributed by atoms with van der Waals surface area (Å²) in [5, 5.41) is 6.74. The number of amides is 4. The van der Waals surface area contributed by atoms with Crippen molar-refractivity contribution in [1.29, 1.82) is 0 Å². The first kappa shape index (κ1) is 39.1. The minimum absolute atomic E-state index is 0.0567. The SMILES string of the molecule is CCCc1cccnc1.CNC(=O)CNC(=O)C1CN(C(=O)Cc2c[nH]c3cc(Cl)ccc23)CC2CN(C(=O)c3ccc(OC(C)C)c(OC)c3)CC21. The lowest BCUT2D eigenvalue weighted by Gasteiger charge is -2.39. The molecule has 13 heteroatoms. The number of hydrogen-bond acceptors (Lipinski definition) is 7. The Bertz CT molecular complexity index is 1900. The molecule has 0 saturated carbocycles. The van der Waals surface area contributed by atoms with Gasteiger partial charge in [0.05, 0.1) is 32.1 Å². The summed E-state index contributed by atoms with van der Waals surface area (Å²) in [4.78, 5) is 63.2. The van der Waals surface area contributed by atoms with E-state index in [-0.39, 0.29) is 61.1 Å². The molecule has 2 aromatic carbocycles. The molecule has 53 heavy (non-hydrogen) atoms. The molecule has 2 aromatic heterocycles. The first-order valence-corrected chi connectivity index (χ1v) is 18.4. The van der Waals surface area contributed by atoms with Crippen molar-refractivity contribution in [3.05, 3.63) is 88.8 Å². The third kappa shape index (κ3) is 9.87. The van der Waals surface area contributed by atoms with Crippen LogP contribution in [0.15, 0.2) is 67.1 Å². The number of ether oxygens (including phenoxy) is 2. The van der Waals surface area contributed by atoms with Crippen LogP contribution in [0.25, 0.3) is 10.9 Å². The Morgan fingerprint density at radius 1 is 1.02 bits per heavy atom. The van der Waals surface area contributed by atoms with Gasteiger partial charge in [0.15, 0.2) is 11.5 Å². The number of piperidine rings is 1. The van der Waals surface area contributed by atoms with E-state index in [0.29, 0.717) is 41.7 Å². The Balaban J connectivity index is 0.000000526. The van der Waals surface area contributed by atoms with E-state index in [2.05, 4.69) is 33.6 Å². The summed E-state index contributed by atoms with van der Waals surface area (Å²) >= 11 is 6.12. The molecule has 2 saturated heterocycles. The van der Waals surface area contributed by atoms with Gasteiger partial charge < -0.3 is 34.9 Å². The monoisotopic (exact) mass is 744 g/mol. The summed E-state index contributed by atoms with van der Waals surface area (Å²) in [6.07, 6.45) is 7.97. The Hall–Kier alpha value is -5.10. The van der Waals surface area contributed by atoms with Crippen molar-refractivity contribution in [3.8, 4) is 11.5 Å². The molecule has 3 N–H and O–H groups in total. The Morgan fingerprint density at radius 2 is 1.81 bits per heavy atom. The van der Waals surface area contributed by atoms with E-state index in [1.54, 1.807) is 46.5 Å². The number of carbonyl (C=O) groups excluding carboxylic acids is 4. The largest absolute Gasteiger partial charge is 0.493 e. The van der Waals surface area contributed by atoms with E-state index >= 15 is 0 Å². The fourth-order valence-electron chi connectivity index (χ4n) is 7.06. The molecule has 3 atom stereocenters. The summed E-state index contributed by atoms with van der Waals surface area (Å²) in [5.41, 5.74) is 3.46. The van der Waals surface area contributed by atoms with Gasteiger partial charge in [0.2, 0.25) is 17.7 Å². The number of aromatic amines is 1. The second-order valence-electron chi connectivity index (χ2n) is 13.8. The lowest BCUT2D eigenvalue weighted by Crippen LogP contribution is -2.54. The number of H-pyrrole nitrogens is 1. The smallest absolute Gasteiger partial charge is 0.254 e. The van der Waals surface area contributed by atoms with Crippen molar-refractivity contribution in [2.24, 2.45) is 17.8 Å². The third-order valence-corrected chi connectivity index (χ3v) is 9.90. The summed E-state index contributed by atoms with van der Waals surface area (Å²) in [7, 11) is 3.03. The Kier molecular flexibility index (Phi) is 13.4. The van der Waals surface area contributed by atoms with Gasteiger partial charge in [-0.2, -0.15) is 0 Å².